The second kappa shape index (κ2) is 8.39. The number of ether oxygens (including phenoxy) is 1. The lowest BCUT2D eigenvalue weighted by atomic mass is 10.1. The Kier molecular flexibility index (Phi) is 5.96. The predicted molar refractivity (Wildman–Crippen MR) is 108 cm³/mol. The molecule has 0 radical (unpaired) electrons. The molecule has 1 amide bonds. The third-order valence-electron chi connectivity index (χ3n) is 4.51. The molecule has 27 heavy (non-hydrogen) atoms. The van der Waals surface area contributed by atoms with Crippen LogP contribution in [0.4, 0.5) is 0 Å². The number of hydrogen-bond donors (Lipinski definition) is 0. The molecule has 0 bridgehead atoms. The van der Waals surface area contributed by atoms with E-state index in [9.17, 15) is 4.79 Å². The number of para-hydroxylation sites is 1. The molecule has 5 nitrogen and oxygen atoms in total. The van der Waals surface area contributed by atoms with Gasteiger partial charge in [0.05, 0.1) is 17.1 Å². The second-order valence-corrected chi connectivity index (χ2v) is 7.54. The van der Waals surface area contributed by atoms with Gasteiger partial charge in [0, 0.05) is 25.4 Å². The van der Waals surface area contributed by atoms with Gasteiger partial charge >= 0.3 is 0 Å². The molecule has 142 valence electrons. The van der Waals surface area contributed by atoms with Gasteiger partial charge in [0.1, 0.15) is 12.4 Å². The van der Waals surface area contributed by atoms with E-state index in [1.807, 2.05) is 68.2 Å². The minimum absolute atomic E-state index is 0.0159. The number of amides is 1. The second-order valence-electron chi connectivity index (χ2n) is 6.63. The van der Waals surface area contributed by atoms with Gasteiger partial charge in [-0.1, -0.05) is 18.2 Å². The predicted octanol–water partition coefficient (Wildman–Crippen LogP) is 4.43. The fraction of sp³-hybridized carbons (Fsp3) is 0.333. The number of hydrogen-bond acceptors (Lipinski definition) is 4. The maximum Gasteiger partial charge on any atom is 0.264 e. The van der Waals surface area contributed by atoms with Crippen molar-refractivity contribution in [2.75, 3.05) is 7.05 Å². The van der Waals surface area contributed by atoms with E-state index in [2.05, 4.69) is 5.10 Å². The quantitative estimate of drug-likeness (QED) is 0.606. The minimum Gasteiger partial charge on any atom is -0.488 e. The smallest absolute Gasteiger partial charge is 0.264 e. The van der Waals surface area contributed by atoms with E-state index in [4.69, 9.17) is 4.74 Å². The van der Waals surface area contributed by atoms with Crippen LogP contribution in [0.1, 0.15) is 39.0 Å². The van der Waals surface area contributed by atoms with Crippen LogP contribution in [0.15, 0.2) is 41.9 Å². The van der Waals surface area contributed by atoms with Crippen LogP contribution in [-0.2, 0) is 19.7 Å². The zero-order chi connectivity index (χ0) is 19.4. The lowest BCUT2D eigenvalue weighted by molar-refractivity contribution is 0.0786. The number of rotatable bonds is 7. The molecule has 6 heteroatoms. The van der Waals surface area contributed by atoms with Gasteiger partial charge in [-0.15, -0.1) is 11.3 Å². The van der Waals surface area contributed by atoms with Gasteiger partial charge in [0.15, 0.2) is 0 Å². The normalized spacial score (nSPS) is 10.8. The molecule has 0 aliphatic rings. The van der Waals surface area contributed by atoms with Crippen molar-refractivity contribution in [1.82, 2.24) is 14.7 Å². The van der Waals surface area contributed by atoms with Gasteiger partial charge in [0.2, 0.25) is 0 Å². The highest BCUT2D eigenvalue weighted by Gasteiger charge is 2.16. The van der Waals surface area contributed by atoms with E-state index >= 15 is 0 Å². The first kappa shape index (κ1) is 19.2. The van der Waals surface area contributed by atoms with Gasteiger partial charge in [-0.3, -0.25) is 9.48 Å². The van der Waals surface area contributed by atoms with E-state index in [0.29, 0.717) is 13.2 Å². The summed E-state index contributed by atoms with van der Waals surface area (Å²) in [5, 5.41) is 6.25. The van der Waals surface area contributed by atoms with Crippen LogP contribution in [0, 0.1) is 13.8 Å². The van der Waals surface area contributed by atoms with Crippen molar-refractivity contribution >= 4 is 17.2 Å². The molecule has 0 aliphatic carbocycles. The molecule has 0 atom stereocenters. The summed E-state index contributed by atoms with van der Waals surface area (Å²) < 4.78 is 7.90. The molecule has 3 aromatic rings. The number of aromatic nitrogens is 2. The number of thiophene rings is 1. The monoisotopic (exact) mass is 383 g/mol. The Morgan fingerprint density at radius 3 is 2.70 bits per heavy atom. The van der Waals surface area contributed by atoms with Gasteiger partial charge in [-0.2, -0.15) is 5.10 Å². The molecule has 0 N–H and O–H groups in total. The van der Waals surface area contributed by atoms with Crippen molar-refractivity contribution in [2.24, 2.45) is 0 Å². The van der Waals surface area contributed by atoms with E-state index in [0.717, 1.165) is 39.6 Å². The summed E-state index contributed by atoms with van der Waals surface area (Å²) >= 11 is 1.46. The largest absolute Gasteiger partial charge is 0.488 e. The summed E-state index contributed by atoms with van der Waals surface area (Å²) in [4.78, 5) is 15.2. The summed E-state index contributed by atoms with van der Waals surface area (Å²) in [6.45, 7) is 7.92. The topological polar surface area (TPSA) is 47.4 Å². The van der Waals surface area contributed by atoms with Gasteiger partial charge in [-0.25, -0.2) is 0 Å². The molecular weight excluding hydrogens is 358 g/mol. The fourth-order valence-corrected chi connectivity index (χ4v) is 3.92. The Hall–Kier alpha value is -2.60. The average Bonchev–Trinajstić information content (AvgIpc) is 3.29. The van der Waals surface area contributed by atoms with Crippen LogP contribution in [0.3, 0.4) is 0 Å². The number of nitrogens with zero attached hydrogens (tertiary/aromatic N) is 3. The Bertz CT molecular complexity index is 909. The van der Waals surface area contributed by atoms with Crippen molar-refractivity contribution in [2.45, 2.75) is 40.5 Å². The summed E-state index contributed by atoms with van der Waals surface area (Å²) in [7, 11) is 1.82. The third kappa shape index (κ3) is 4.39. The first-order valence-electron chi connectivity index (χ1n) is 9.02. The zero-order valence-electron chi connectivity index (χ0n) is 16.2. The zero-order valence-corrected chi connectivity index (χ0v) is 17.0. The van der Waals surface area contributed by atoms with Crippen LogP contribution < -0.4 is 4.74 Å². The minimum atomic E-state index is 0.0159. The Morgan fingerprint density at radius 1 is 1.26 bits per heavy atom. The molecule has 0 unspecified atom stereocenters. The van der Waals surface area contributed by atoms with Crippen molar-refractivity contribution in [1.29, 1.82) is 0 Å². The van der Waals surface area contributed by atoms with Crippen molar-refractivity contribution in [3.63, 3.8) is 0 Å². The number of benzene rings is 1. The van der Waals surface area contributed by atoms with Crippen molar-refractivity contribution in [3.05, 3.63) is 69.2 Å². The van der Waals surface area contributed by atoms with Crippen LogP contribution in [-0.4, -0.2) is 27.6 Å². The third-order valence-corrected chi connectivity index (χ3v) is 5.47. The molecule has 1 aromatic carbocycles. The number of carbonyl (C=O) groups is 1. The first-order chi connectivity index (χ1) is 13.0. The molecule has 0 spiro atoms. The Balaban J connectivity index is 1.63. The van der Waals surface area contributed by atoms with Gasteiger partial charge < -0.3 is 9.64 Å². The van der Waals surface area contributed by atoms with Gasteiger partial charge in [-0.05, 0) is 49.4 Å². The maximum atomic E-state index is 12.7. The molecule has 0 fully saturated rings. The molecule has 2 aromatic heterocycles. The van der Waals surface area contributed by atoms with Gasteiger partial charge in [0.25, 0.3) is 5.91 Å². The van der Waals surface area contributed by atoms with Crippen LogP contribution in [0.2, 0.25) is 0 Å². The summed E-state index contributed by atoms with van der Waals surface area (Å²) in [5.74, 6) is 0.934. The highest BCUT2D eigenvalue weighted by molar-refractivity contribution is 7.12. The SMILES string of the molecule is CCn1nccc1CN(C)C(=O)c1cc(COc2c(C)cccc2C)cs1. The lowest BCUT2D eigenvalue weighted by Gasteiger charge is -2.16. The summed E-state index contributed by atoms with van der Waals surface area (Å²) in [6.07, 6.45) is 1.77. The molecule has 0 saturated heterocycles. The highest BCUT2D eigenvalue weighted by Crippen LogP contribution is 2.25. The molecule has 0 saturated carbocycles. The molecular formula is C21H25N3O2S. The number of aryl methyl sites for hydroxylation is 3. The van der Waals surface area contributed by atoms with Crippen LogP contribution >= 0.6 is 11.3 Å². The van der Waals surface area contributed by atoms with Crippen LogP contribution in [0.5, 0.6) is 5.75 Å². The van der Waals surface area contributed by atoms with E-state index in [1.54, 1.807) is 11.1 Å². The molecule has 2 heterocycles. The van der Waals surface area contributed by atoms with Crippen molar-refractivity contribution in [3.8, 4) is 5.75 Å². The molecule has 3 rings (SSSR count). The van der Waals surface area contributed by atoms with Crippen molar-refractivity contribution < 1.29 is 9.53 Å². The van der Waals surface area contributed by atoms with E-state index in [-0.39, 0.29) is 5.91 Å². The average molecular weight is 384 g/mol. The molecule has 0 aliphatic heterocycles. The first-order valence-corrected chi connectivity index (χ1v) is 9.90. The van der Waals surface area contributed by atoms with E-state index < -0.39 is 0 Å². The standard InChI is InChI=1S/C21H25N3O2S/c1-5-24-18(9-10-22-24)12-23(4)21(25)19-11-17(14-27-19)13-26-20-15(2)7-6-8-16(20)3/h6-11,14H,5,12-13H2,1-4H3. The summed E-state index contributed by atoms with van der Waals surface area (Å²) in [5.41, 5.74) is 4.28. The fourth-order valence-electron chi connectivity index (χ4n) is 3.03. The highest BCUT2D eigenvalue weighted by atomic mass is 32.1. The maximum absolute atomic E-state index is 12.7. The lowest BCUT2D eigenvalue weighted by Crippen LogP contribution is -2.26. The van der Waals surface area contributed by atoms with Crippen LogP contribution in [0.25, 0.3) is 0 Å². The summed E-state index contributed by atoms with van der Waals surface area (Å²) in [6, 6.07) is 9.99. The number of carbonyl (C=O) groups excluding carboxylic acids is 1. The Labute approximate surface area is 164 Å². The van der Waals surface area contributed by atoms with E-state index in [1.165, 1.54) is 11.3 Å². The Morgan fingerprint density at radius 2 is 2.00 bits per heavy atom.